The van der Waals surface area contributed by atoms with Crippen LogP contribution in [0.15, 0.2) is 0 Å². The second kappa shape index (κ2) is 5.91. The zero-order valence-electron chi connectivity index (χ0n) is 9.04. The van der Waals surface area contributed by atoms with Gasteiger partial charge in [-0.1, -0.05) is 13.8 Å². The first-order valence-corrected chi connectivity index (χ1v) is 7.30. The Morgan fingerprint density at radius 2 is 1.50 bits per heavy atom. The maximum Gasteiger partial charge on any atom is 0.104 e. The van der Waals surface area contributed by atoms with Gasteiger partial charge in [-0.15, -0.1) is 0 Å². The Hall–Kier alpha value is 0.354. The van der Waals surface area contributed by atoms with Gasteiger partial charge < -0.3 is 5.11 Å². The van der Waals surface area contributed by atoms with E-state index in [1.54, 1.807) is 0 Å². The van der Waals surface area contributed by atoms with Gasteiger partial charge in [-0.25, -0.2) is 0 Å². The molecule has 3 unspecified atom stereocenters. The highest BCUT2D eigenvalue weighted by Crippen LogP contribution is 2.10. The van der Waals surface area contributed by atoms with Crippen LogP contribution in [-0.2, 0) is 0 Å². The molecule has 0 aromatic carbocycles. The first-order valence-electron chi connectivity index (χ1n) is 5.00. The van der Waals surface area contributed by atoms with E-state index in [0.717, 1.165) is 20.5 Å². The van der Waals surface area contributed by atoms with Crippen LogP contribution in [0.1, 0.15) is 33.6 Å². The number of hydrogen-bond acceptors (Lipinski definition) is 2. The quantitative estimate of drug-likeness (QED) is 0.452. The molecule has 0 aliphatic carbocycles. The normalized spacial score (nSPS) is 19.8. The molecule has 3 atom stereocenters. The van der Waals surface area contributed by atoms with E-state index >= 15 is 0 Å². The average molecular weight is 205 g/mol. The first kappa shape index (κ1) is 12.4. The van der Waals surface area contributed by atoms with Gasteiger partial charge in [0.25, 0.3) is 0 Å². The fraction of sp³-hybridized carbons (Fsp3) is 1.00. The summed E-state index contributed by atoms with van der Waals surface area (Å²) in [5.74, 6) is 0. The fourth-order valence-electron chi connectivity index (χ4n) is 1.59. The Bertz CT molecular complexity index is 112. The van der Waals surface area contributed by atoms with Gasteiger partial charge in [0.05, 0.1) is 0 Å². The van der Waals surface area contributed by atoms with E-state index in [1.807, 2.05) is 6.92 Å². The largest absolute Gasteiger partial charge is 0.379 e. The second-order valence-corrected chi connectivity index (χ2v) is 6.26. The van der Waals surface area contributed by atoms with Gasteiger partial charge in [-0.2, -0.15) is 0 Å². The highest BCUT2D eigenvalue weighted by Gasteiger charge is 2.20. The van der Waals surface area contributed by atoms with Crippen LogP contribution in [0.4, 0.5) is 0 Å². The van der Waals surface area contributed by atoms with Gasteiger partial charge in [0, 0.05) is 20.5 Å². The van der Waals surface area contributed by atoms with Crippen LogP contribution in [0.25, 0.3) is 0 Å². The van der Waals surface area contributed by atoms with Crippen LogP contribution in [0, 0.1) is 0 Å². The summed E-state index contributed by atoms with van der Waals surface area (Å²) in [6.45, 7) is 6.30. The van der Waals surface area contributed by atoms with E-state index < -0.39 is 0 Å². The van der Waals surface area contributed by atoms with Crippen molar-refractivity contribution < 1.29 is 5.11 Å². The number of rotatable bonds is 5. The van der Waals surface area contributed by atoms with E-state index in [2.05, 4.69) is 18.7 Å². The standard InChI is InChI=1S/C8H23NOSi2/c1-4-7(11)9(6(3)10)8(12)5-2/h6-8,10H,4-5H2,1-3,11-12H3. The predicted octanol–water partition coefficient (Wildman–Crippen LogP) is -1.17. The third-order valence-electron chi connectivity index (χ3n) is 2.63. The maximum absolute atomic E-state index is 9.59. The molecular weight excluding hydrogens is 182 g/mol. The van der Waals surface area contributed by atoms with Crippen LogP contribution in [0.3, 0.4) is 0 Å². The molecule has 0 saturated heterocycles. The van der Waals surface area contributed by atoms with Crippen molar-refractivity contribution in [2.75, 3.05) is 0 Å². The van der Waals surface area contributed by atoms with Gasteiger partial charge in [0.2, 0.25) is 0 Å². The molecule has 0 fully saturated rings. The minimum absolute atomic E-state index is 0.255. The molecule has 0 radical (unpaired) electrons. The molecule has 1 N–H and O–H groups in total. The van der Waals surface area contributed by atoms with Gasteiger partial charge in [-0.05, 0) is 31.1 Å². The lowest BCUT2D eigenvalue weighted by Crippen LogP contribution is -2.48. The highest BCUT2D eigenvalue weighted by molar-refractivity contribution is 6.14. The minimum Gasteiger partial charge on any atom is -0.379 e. The molecule has 0 rings (SSSR count). The van der Waals surface area contributed by atoms with E-state index in [-0.39, 0.29) is 6.23 Å². The van der Waals surface area contributed by atoms with Crippen molar-refractivity contribution in [3.63, 3.8) is 0 Å². The molecule has 2 nitrogen and oxygen atoms in total. The van der Waals surface area contributed by atoms with E-state index in [9.17, 15) is 5.11 Å². The first-order chi connectivity index (χ1) is 5.54. The smallest absolute Gasteiger partial charge is 0.104 e. The zero-order chi connectivity index (χ0) is 9.72. The summed E-state index contributed by atoms with van der Waals surface area (Å²) in [5, 5.41) is 9.59. The summed E-state index contributed by atoms with van der Waals surface area (Å²) in [7, 11) is 2.32. The summed E-state index contributed by atoms with van der Waals surface area (Å²) in [6.07, 6.45) is 2.10. The van der Waals surface area contributed by atoms with Crippen molar-refractivity contribution in [1.82, 2.24) is 4.90 Å². The molecule has 0 aliphatic heterocycles. The summed E-state index contributed by atoms with van der Waals surface area (Å²) < 4.78 is 0. The Morgan fingerprint density at radius 1 is 1.17 bits per heavy atom. The summed E-state index contributed by atoms with van der Waals surface area (Å²) in [5.41, 5.74) is 1.29. The average Bonchev–Trinajstić information content (AvgIpc) is 2.03. The van der Waals surface area contributed by atoms with E-state index in [0.29, 0.717) is 11.3 Å². The van der Waals surface area contributed by atoms with Gasteiger partial charge >= 0.3 is 0 Å². The van der Waals surface area contributed by atoms with Gasteiger partial charge in [0.15, 0.2) is 0 Å². The molecule has 74 valence electrons. The fourth-order valence-corrected chi connectivity index (χ4v) is 4.07. The third kappa shape index (κ3) is 3.39. The SMILES string of the molecule is CCC([SiH3])N(C(C)O)C([SiH3])CC. The van der Waals surface area contributed by atoms with Crippen molar-refractivity contribution in [3.05, 3.63) is 0 Å². The maximum atomic E-state index is 9.59. The molecule has 0 heterocycles. The number of aliphatic hydroxyl groups excluding tert-OH is 1. The molecule has 4 heteroatoms. The van der Waals surface area contributed by atoms with E-state index in [4.69, 9.17) is 0 Å². The summed E-state index contributed by atoms with van der Waals surface area (Å²) in [6, 6.07) is 0. The Balaban J connectivity index is 4.21. The van der Waals surface area contributed by atoms with Crippen molar-refractivity contribution >= 4 is 20.5 Å². The Morgan fingerprint density at radius 3 is 1.67 bits per heavy atom. The third-order valence-corrected chi connectivity index (χ3v) is 5.46. The lowest BCUT2D eigenvalue weighted by molar-refractivity contribution is -0.00331. The van der Waals surface area contributed by atoms with Gasteiger partial charge in [0.1, 0.15) is 6.23 Å². The molecule has 0 saturated carbocycles. The van der Waals surface area contributed by atoms with Crippen LogP contribution < -0.4 is 0 Å². The monoisotopic (exact) mass is 205 g/mol. The molecule has 12 heavy (non-hydrogen) atoms. The van der Waals surface area contributed by atoms with Crippen LogP contribution >= 0.6 is 0 Å². The van der Waals surface area contributed by atoms with Crippen LogP contribution in [0.2, 0.25) is 0 Å². The lowest BCUT2D eigenvalue weighted by Gasteiger charge is -2.36. The number of hydrogen-bond donors (Lipinski definition) is 1. The van der Waals surface area contributed by atoms with Crippen molar-refractivity contribution in [1.29, 1.82) is 0 Å². The second-order valence-electron chi connectivity index (χ2n) is 3.59. The summed E-state index contributed by atoms with van der Waals surface area (Å²) >= 11 is 0. The molecule has 0 spiro atoms. The van der Waals surface area contributed by atoms with Crippen molar-refractivity contribution in [3.8, 4) is 0 Å². The van der Waals surface area contributed by atoms with Crippen LogP contribution in [0.5, 0.6) is 0 Å². The van der Waals surface area contributed by atoms with E-state index in [1.165, 1.54) is 12.8 Å². The molecular formula is C8H23NOSi2. The van der Waals surface area contributed by atoms with Crippen molar-refractivity contribution in [2.45, 2.75) is 51.2 Å². The van der Waals surface area contributed by atoms with Crippen LogP contribution in [-0.4, -0.2) is 48.0 Å². The zero-order valence-corrected chi connectivity index (χ0v) is 13.0. The molecule has 0 aromatic heterocycles. The Labute approximate surface area is 82.2 Å². The number of nitrogens with zero attached hydrogens (tertiary/aromatic N) is 1. The Kier molecular flexibility index (Phi) is 6.08. The number of aliphatic hydroxyl groups is 1. The topological polar surface area (TPSA) is 23.5 Å². The molecule has 0 bridgehead atoms. The molecule has 0 aliphatic rings. The lowest BCUT2D eigenvalue weighted by atomic mass is 10.3. The highest BCUT2D eigenvalue weighted by atomic mass is 28.1. The molecule has 0 amide bonds. The molecule has 0 aromatic rings. The summed E-state index contributed by atoms with van der Waals surface area (Å²) in [4.78, 5) is 2.29. The minimum atomic E-state index is -0.255. The van der Waals surface area contributed by atoms with Gasteiger partial charge in [-0.3, -0.25) is 4.90 Å². The van der Waals surface area contributed by atoms with Crippen molar-refractivity contribution in [2.24, 2.45) is 0 Å². The predicted molar refractivity (Wildman–Crippen MR) is 61.6 cm³/mol.